The molecule has 1 aromatic carbocycles. The summed E-state index contributed by atoms with van der Waals surface area (Å²) in [6.45, 7) is 0.402. The maximum Gasteiger partial charge on any atom is 0.242 e. The van der Waals surface area contributed by atoms with E-state index in [2.05, 4.69) is 0 Å². The summed E-state index contributed by atoms with van der Waals surface area (Å²) in [6, 6.07) is 11.2. The van der Waals surface area contributed by atoms with Crippen molar-refractivity contribution in [3.05, 3.63) is 41.8 Å². The number of hydrogen-bond donors (Lipinski definition) is 0. The van der Waals surface area contributed by atoms with Crippen LogP contribution in [0, 0.1) is 28.6 Å². The van der Waals surface area contributed by atoms with Crippen LogP contribution in [0.2, 0.25) is 0 Å². The second-order valence-corrected chi connectivity index (χ2v) is 3.02. The number of para-hydroxylation sites is 1. The summed E-state index contributed by atoms with van der Waals surface area (Å²) in [5.74, 6) is 0.851. The minimum Gasteiger partial charge on any atom is -0.463 e. The molecule has 0 spiro atoms. The minimum atomic E-state index is 0.130. The molecule has 0 saturated carbocycles. The average molecular weight is 195 g/mol. The number of rotatable bonds is 1. The Bertz CT molecular complexity index is 477. The first-order valence-electron chi connectivity index (χ1n) is 4.46. The molecule has 3 heteroatoms. The fourth-order valence-electron chi connectivity index (χ4n) is 1.52. The zero-order valence-electron chi connectivity index (χ0n) is 7.90. The second-order valence-electron chi connectivity index (χ2n) is 3.02. The molecule has 0 unspecified atom stereocenters. The molecule has 0 atom stereocenters. The number of nitriles is 2. The first-order chi connectivity index (χ1) is 7.36. The van der Waals surface area contributed by atoms with Crippen LogP contribution in [0.4, 0.5) is 0 Å². The maximum absolute atomic E-state index is 8.81. The van der Waals surface area contributed by atoms with E-state index in [0.29, 0.717) is 12.2 Å². The van der Waals surface area contributed by atoms with Gasteiger partial charge >= 0.3 is 0 Å². The summed E-state index contributed by atoms with van der Waals surface area (Å²) in [5, 5.41) is 17.6. The molecule has 15 heavy (non-hydrogen) atoms. The molecular weight excluding hydrogens is 188 g/mol. The van der Waals surface area contributed by atoms with Crippen LogP contribution in [0.5, 0.6) is 5.75 Å². The molecule has 70 valence electrons. The van der Waals surface area contributed by atoms with Gasteiger partial charge in [-0.3, -0.25) is 0 Å². The van der Waals surface area contributed by atoms with Gasteiger partial charge < -0.3 is 4.74 Å². The highest BCUT2D eigenvalue weighted by Gasteiger charge is 2.30. The summed E-state index contributed by atoms with van der Waals surface area (Å²) in [4.78, 5) is 0. The summed E-state index contributed by atoms with van der Waals surface area (Å²) in [5.41, 5.74) is 1.48. The average Bonchev–Trinajstić information content (AvgIpc) is 2.31. The largest absolute Gasteiger partial charge is 0.463 e. The van der Waals surface area contributed by atoms with Crippen molar-refractivity contribution in [1.29, 1.82) is 10.5 Å². The van der Waals surface area contributed by atoms with E-state index in [0.717, 1.165) is 11.3 Å². The SMILES string of the molecule is N#C[C+](C#N)C1=CCOc2ccccc21. The molecule has 3 nitrogen and oxygen atoms in total. The molecule has 2 rings (SSSR count). The molecule has 0 radical (unpaired) electrons. The van der Waals surface area contributed by atoms with E-state index in [1.807, 2.05) is 36.4 Å². The lowest BCUT2D eigenvalue weighted by molar-refractivity contribution is 0.357. The van der Waals surface area contributed by atoms with E-state index in [9.17, 15) is 0 Å². The molecule has 1 aromatic rings. The summed E-state index contributed by atoms with van der Waals surface area (Å²) >= 11 is 0. The van der Waals surface area contributed by atoms with Gasteiger partial charge in [-0.2, -0.15) is 10.5 Å². The Morgan fingerprint density at radius 1 is 1.20 bits per heavy atom. The number of hydrogen-bond acceptors (Lipinski definition) is 3. The molecular formula is C12H7N2O+. The second kappa shape index (κ2) is 3.77. The summed E-state index contributed by atoms with van der Waals surface area (Å²) in [7, 11) is 0. The number of benzene rings is 1. The number of fused-ring (bicyclic) bond motifs is 1. The van der Waals surface area contributed by atoms with E-state index in [-0.39, 0.29) is 5.92 Å². The van der Waals surface area contributed by atoms with Crippen molar-refractivity contribution in [3.63, 3.8) is 0 Å². The number of nitrogens with zero attached hydrogens (tertiary/aromatic N) is 2. The highest BCUT2D eigenvalue weighted by molar-refractivity contribution is 5.86. The first kappa shape index (κ1) is 9.18. The quantitative estimate of drug-likeness (QED) is 0.644. The minimum absolute atomic E-state index is 0.130. The lowest BCUT2D eigenvalue weighted by atomic mass is 9.92. The number of allylic oxidation sites excluding steroid dienone is 1. The monoisotopic (exact) mass is 195 g/mol. The molecule has 1 aliphatic rings. The van der Waals surface area contributed by atoms with Crippen LogP contribution in [-0.4, -0.2) is 6.61 Å². The van der Waals surface area contributed by atoms with Crippen molar-refractivity contribution in [3.8, 4) is 17.9 Å². The predicted octanol–water partition coefficient (Wildman–Crippen LogP) is 2.08. The Labute approximate surface area is 87.8 Å². The topological polar surface area (TPSA) is 56.8 Å². The third-order valence-corrected chi connectivity index (χ3v) is 2.20. The maximum atomic E-state index is 8.81. The van der Waals surface area contributed by atoms with Gasteiger partial charge in [-0.1, -0.05) is 6.07 Å². The molecule has 0 fully saturated rings. The van der Waals surface area contributed by atoms with Gasteiger partial charge in [-0.15, -0.1) is 0 Å². The Hall–Kier alpha value is -2.39. The fraction of sp³-hybridized carbons (Fsp3) is 0.0833. The van der Waals surface area contributed by atoms with Gasteiger partial charge in [-0.25, -0.2) is 0 Å². The van der Waals surface area contributed by atoms with Crippen LogP contribution in [0.15, 0.2) is 30.3 Å². The predicted molar refractivity (Wildman–Crippen MR) is 54.4 cm³/mol. The van der Waals surface area contributed by atoms with Crippen LogP contribution in [0.3, 0.4) is 0 Å². The van der Waals surface area contributed by atoms with E-state index in [4.69, 9.17) is 15.3 Å². The van der Waals surface area contributed by atoms with E-state index in [1.54, 1.807) is 6.08 Å². The van der Waals surface area contributed by atoms with Crippen LogP contribution < -0.4 is 4.74 Å². The Morgan fingerprint density at radius 3 is 2.67 bits per heavy atom. The fourth-order valence-corrected chi connectivity index (χ4v) is 1.52. The van der Waals surface area contributed by atoms with Crippen LogP contribution >= 0.6 is 0 Å². The number of ether oxygens (including phenoxy) is 1. The zero-order chi connectivity index (χ0) is 10.7. The molecule has 0 saturated heterocycles. The van der Waals surface area contributed by atoms with Crippen LogP contribution in [0.1, 0.15) is 5.56 Å². The third kappa shape index (κ3) is 1.51. The van der Waals surface area contributed by atoms with Gasteiger partial charge in [0.15, 0.2) is 30.1 Å². The highest BCUT2D eigenvalue weighted by atomic mass is 16.5. The lowest BCUT2D eigenvalue weighted by Gasteiger charge is -2.10. The molecule has 1 aliphatic heterocycles. The van der Waals surface area contributed by atoms with Crippen molar-refractivity contribution in [1.82, 2.24) is 0 Å². The summed E-state index contributed by atoms with van der Waals surface area (Å²) in [6.07, 6.45) is 1.75. The summed E-state index contributed by atoms with van der Waals surface area (Å²) < 4.78 is 5.38. The van der Waals surface area contributed by atoms with Crippen molar-refractivity contribution in [2.75, 3.05) is 6.61 Å². The van der Waals surface area contributed by atoms with E-state index in [1.165, 1.54) is 0 Å². The van der Waals surface area contributed by atoms with E-state index < -0.39 is 0 Å². The van der Waals surface area contributed by atoms with Gasteiger partial charge in [0.1, 0.15) is 5.56 Å². The van der Waals surface area contributed by atoms with Gasteiger partial charge in [0, 0.05) is 6.07 Å². The molecule has 0 bridgehead atoms. The van der Waals surface area contributed by atoms with Crippen molar-refractivity contribution in [2.45, 2.75) is 0 Å². The van der Waals surface area contributed by atoms with Crippen LogP contribution in [-0.2, 0) is 0 Å². The molecule has 0 N–H and O–H groups in total. The Balaban J connectivity index is 2.49. The molecule has 0 amide bonds. The lowest BCUT2D eigenvalue weighted by Crippen LogP contribution is -2.08. The van der Waals surface area contributed by atoms with Crippen LogP contribution in [0.25, 0.3) is 5.57 Å². The Morgan fingerprint density at radius 2 is 1.93 bits per heavy atom. The first-order valence-corrected chi connectivity index (χ1v) is 4.46. The van der Waals surface area contributed by atoms with E-state index >= 15 is 0 Å². The van der Waals surface area contributed by atoms with Gasteiger partial charge in [-0.05, 0) is 12.1 Å². The Kier molecular flexibility index (Phi) is 2.31. The third-order valence-electron chi connectivity index (χ3n) is 2.20. The van der Waals surface area contributed by atoms with Gasteiger partial charge in [0.25, 0.3) is 0 Å². The van der Waals surface area contributed by atoms with Gasteiger partial charge in [0.05, 0.1) is 6.08 Å². The van der Waals surface area contributed by atoms with Crippen molar-refractivity contribution < 1.29 is 4.74 Å². The van der Waals surface area contributed by atoms with Gasteiger partial charge in [0.2, 0.25) is 5.92 Å². The smallest absolute Gasteiger partial charge is 0.242 e. The highest BCUT2D eigenvalue weighted by Crippen LogP contribution is 2.34. The van der Waals surface area contributed by atoms with Crippen molar-refractivity contribution >= 4 is 5.57 Å². The molecule has 1 heterocycles. The zero-order valence-corrected chi connectivity index (χ0v) is 7.90. The van der Waals surface area contributed by atoms with Crippen molar-refractivity contribution in [2.24, 2.45) is 0 Å². The molecule has 0 aliphatic carbocycles. The molecule has 0 aromatic heterocycles. The normalized spacial score (nSPS) is 12.5. The standard InChI is InChI=1S/C12H7N2O/c13-7-9(8-14)10-5-6-15-12-4-2-1-3-11(10)12/h1-5H,6H2/q+1.